The summed E-state index contributed by atoms with van der Waals surface area (Å²) in [6, 6.07) is 0. The maximum Gasteiger partial charge on any atom is 0.305 e. The summed E-state index contributed by atoms with van der Waals surface area (Å²) in [7, 11) is 2.86. The minimum atomic E-state index is -0.0729. The van der Waals surface area contributed by atoms with Gasteiger partial charge in [0.1, 0.15) is 0 Å². The van der Waals surface area contributed by atoms with E-state index in [1.54, 1.807) is 0 Å². The van der Waals surface area contributed by atoms with Gasteiger partial charge in [0.2, 0.25) is 0 Å². The molecular weight excluding hydrogens is 183 g/mol. The van der Waals surface area contributed by atoms with Crippen LogP contribution in [0.3, 0.4) is 0 Å². The molecule has 0 aliphatic rings. The topological polar surface area (TPSA) is 26.3 Å². The van der Waals surface area contributed by atoms with Crippen LogP contribution in [-0.2, 0) is 9.53 Å². The van der Waals surface area contributed by atoms with E-state index < -0.39 is 0 Å². The molecule has 0 aromatic carbocycles. The summed E-state index contributed by atoms with van der Waals surface area (Å²) in [5, 5.41) is 0.229. The van der Waals surface area contributed by atoms with Crippen LogP contribution >= 0.6 is 9.24 Å². The van der Waals surface area contributed by atoms with Crippen LogP contribution in [0.2, 0.25) is 0 Å². The zero-order valence-electron chi connectivity index (χ0n) is 8.93. The molecule has 0 saturated heterocycles. The predicted octanol–water partition coefficient (Wildman–Crippen LogP) is 2.76. The highest BCUT2D eigenvalue weighted by molar-refractivity contribution is 7.18. The molecular formula is C10H21O2P. The monoisotopic (exact) mass is 204 g/mol. The maximum absolute atomic E-state index is 11.1. The van der Waals surface area contributed by atoms with Gasteiger partial charge >= 0.3 is 5.97 Å². The average Bonchev–Trinajstić information content (AvgIpc) is 2.15. The Morgan fingerprint density at radius 1 is 1.31 bits per heavy atom. The van der Waals surface area contributed by atoms with Crippen molar-refractivity contribution in [1.29, 1.82) is 0 Å². The lowest BCUT2D eigenvalue weighted by molar-refractivity contribution is -0.143. The van der Waals surface area contributed by atoms with Crippen molar-refractivity contribution in [3.8, 4) is 0 Å². The summed E-state index contributed by atoms with van der Waals surface area (Å²) in [6.07, 6.45) is 3.63. The molecule has 0 amide bonds. The maximum atomic E-state index is 11.1. The first kappa shape index (κ1) is 12.9. The van der Waals surface area contributed by atoms with E-state index in [9.17, 15) is 4.79 Å². The molecule has 0 aromatic heterocycles. The van der Waals surface area contributed by atoms with Crippen LogP contribution in [-0.4, -0.2) is 17.7 Å². The fourth-order valence-electron chi connectivity index (χ4n) is 1.19. The standard InChI is InChI=1S/C10H21O2P/c1-4-10(13,5-2)8-7-9(11)12-6-3/h4-8,13H2,1-3H3. The van der Waals surface area contributed by atoms with Crippen LogP contribution < -0.4 is 0 Å². The molecule has 0 aromatic rings. The van der Waals surface area contributed by atoms with Gasteiger partial charge < -0.3 is 4.74 Å². The van der Waals surface area contributed by atoms with Crippen LogP contribution in [0.25, 0.3) is 0 Å². The molecule has 1 unspecified atom stereocenters. The van der Waals surface area contributed by atoms with Crippen molar-refractivity contribution in [2.75, 3.05) is 6.61 Å². The summed E-state index contributed by atoms with van der Waals surface area (Å²) in [5.41, 5.74) is 0. The highest BCUT2D eigenvalue weighted by Crippen LogP contribution is 2.31. The molecule has 2 nitrogen and oxygen atoms in total. The van der Waals surface area contributed by atoms with Crippen LogP contribution in [0.1, 0.15) is 46.5 Å². The Bertz CT molecular complexity index is 153. The first-order chi connectivity index (χ1) is 6.08. The quantitative estimate of drug-likeness (QED) is 0.491. The first-order valence-electron chi connectivity index (χ1n) is 5.02. The molecule has 1 atom stereocenters. The van der Waals surface area contributed by atoms with Crippen molar-refractivity contribution >= 4 is 15.2 Å². The van der Waals surface area contributed by atoms with E-state index in [0.717, 1.165) is 19.3 Å². The average molecular weight is 204 g/mol. The summed E-state index contributed by atoms with van der Waals surface area (Å²) in [5.74, 6) is -0.0729. The SMILES string of the molecule is CCOC(=O)CCC(P)(CC)CC. The predicted molar refractivity (Wildman–Crippen MR) is 58.9 cm³/mol. The van der Waals surface area contributed by atoms with E-state index in [-0.39, 0.29) is 11.1 Å². The van der Waals surface area contributed by atoms with Gasteiger partial charge in [0, 0.05) is 6.42 Å². The summed E-state index contributed by atoms with van der Waals surface area (Å²) in [6.45, 7) is 6.63. The van der Waals surface area contributed by atoms with E-state index in [2.05, 4.69) is 23.1 Å². The summed E-state index contributed by atoms with van der Waals surface area (Å²) in [4.78, 5) is 11.1. The third-order valence-electron chi connectivity index (χ3n) is 2.54. The smallest absolute Gasteiger partial charge is 0.305 e. The zero-order valence-corrected chi connectivity index (χ0v) is 10.1. The van der Waals surface area contributed by atoms with Crippen LogP contribution in [0.4, 0.5) is 0 Å². The Hall–Kier alpha value is -0.100. The van der Waals surface area contributed by atoms with E-state index >= 15 is 0 Å². The lowest BCUT2D eigenvalue weighted by Crippen LogP contribution is -2.20. The Morgan fingerprint density at radius 2 is 1.85 bits per heavy atom. The lowest BCUT2D eigenvalue weighted by atomic mass is 9.96. The largest absolute Gasteiger partial charge is 0.466 e. The first-order valence-corrected chi connectivity index (χ1v) is 5.60. The third-order valence-corrected chi connectivity index (χ3v) is 3.65. The number of carbonyl (C=O) groups excluding carboxylic acids is 1. The molecule has 0 bridgehead atoms. The van der Waals surface area contributed by atoms with E-state index in [4.69, 9.17) is 4.74 Å². The second-order valence-electron chi connectivity index (χ2n) is 3.37. The van der Waals surface area contributed by atoms with Crippen LogP contribution in [0.15, 0.2) is 0 Å². The number of hydrogen-bond acceptors (Lipinski definition) is 2. The van der Waals surface area contributed by atoms with Crippen LogP contribution in [0, 0.1) is 0 Å². The second-order valence-corrected chi connectivity index (χ2v) is 4.60. The molecule has 3 heteroatoms. The van der Waals surface area contributed by atoms with Gasteiger partial charge in [-0.05, 0) is 31.3 Å². The molecule has 0 fully saturated rings. The van der Waals surface area contributed by atoms with Gasteiger partial charge in [-0.1, -0.05) is 13.8 Å². The summed E-state index contributed by atoms with van der Waals surface area (Å²) < 4.78 is 4.88. The molecule has 0 spiro atoms. The molecule has 0 aliphatic carbocycles. The molecule has 0 aliphatic heterocycles. The van der Waals surface area contributed by atoms with Crippen LogP contribution in [0.5, 0.6) is 0 Å². The molecule has 0 N–H and O–H groups in total. The van der Waals surface area contributed by atoms with Crippen molar-refractivity contribution in [2.24, 2.45) is 0 Å². The lowest BCUT2D eigenvalue weighted by Gasteiger charge is -2.25. The number of esters is 1. The second kappa shape index (κ2) is 6.37. The van der Waals surface area contributed by atoms with E-state index in [0.29, 0.717) is 13.0 Å². The van der Waals surface area contributed by atoms with Crippen molar-refractivity contribution in [2.45, 2.75) is 51.6 Å². The van der Waals surface area contributed by atoms with Gasteiger partial charge in [-0.25, -0.2) is 0 Å². The summed E-state index contributed by atoms with van der Waals surface area (Å²) >= 11 is 0. The molecule has 0 heterocycles. The Balaban J connectivity index is 3.78. The Labute approximate surface area is 83.6 Å². The number of rotatable bonds is 6. The van der Waals surface area contributed by atoms with Gasteiger partial charge in [-0.3, -0.25) is 4.79 Å². The normalized spacial score (nSPS) is 11.4. The fraction of sp³-hybridized carbons (Fsp3) is 0.900. The number of hydrogen-bond donors (Lipinski definition) is 0. The van der Waals surface area contributed by atoms with Crippen molar-refractivity contribution in [3.05, 3.63) is 0 Å². The van der Waals surface area contributed by atoms with E-state index in [1.165, 1.54) is 0 Å². The highest BCUT2D eigenvalue weighted by Gasteiger charge is 2.21. The van der Waals surface area contributed by atoms with Gasteiger partial charge in [-0.15, -0.1) is 9.24 Å². The van der Waals surface area contributed by atoms with E-state index in [1.807, 2.05) is 6.92 Å². The van der Waals surface area contributed by atoms with Crippen molar-refractivity contribution < 1.29 is 9.53 Å². The zero-order chi connectivity index (χ0) is 10.3. The van der Waals surface area contributed by atoms with Gasteiger partial charge in [0.25, 0.3) is 0 Å². The van der Waals surface area contributed by atoms with Gasteiger partial charge in [0.15, 0.2) is 0 Å². The highest BCUT2D eigenvalue weighted by atomic mass is 31.0. The van der Waals surface area contributed by atoms with Crippen molar-refractivity contribution in [3.63, 3.8) is 0 Å². The Kier molecular flexibility index (Phi) is 6.32. The molecule has 13 heavy (non-hydrogen) atoms. The minimum absolute atomic E-state index is 0.0729. The molecule has 0 saturated carbocycles. The number of carbonyl (C=O) groups is 1. The Morgan fingerprint density at radius 3 is 2.23 bits per heavy atom. The minimum Gasteiger partial charge on any atom is -0.466 e. The number of ether oxygens (including phenoxy) is 1. The van der Waals surface area contributed by atoms with Gasteiger partial charge in [-0.2, -0.15) is 0 Å². The molecule has 0 radical (unpaired) electrons. The fourth-order valence-corrected chi connectivity index (χ4v) is 1.33. The van der Waals surface area contributed by atoms with Crippen molar-refractivity contribution in [1.82, 2.24) is 0 Å². The molecule has 78 valence electrons. The van der Waals surface area contributed by atoms with Gasteiger partial charge in [0.05, 0.1) is 6.61 Å². The molecule has 0 rings (SSSR count). The third kappa shape index (κ3) is 5.25.